The van der Waals surface area contributed by atoms with Gasteiger partial charge in [0.15, 0.2) is 5.58 Å². The monoisotopic (exact) mass is 469 g/mol. The number of non-ortho nitro benzene ring substituents is 1. The Balaban J connectivity index is 1.61. The average Bonchev–Trinajstić information content (AvgIpc) is 3.05. The molecule has 0 aliphatic rings. The summed E-state index contributed by atoms with van der Waals surface area (Å²) in [6.07, 6.45) is -4.81. The van der Waals surface area contributed by atoms with Crippen molar-refractivity contribution in [2.75, 3.05) is 5.43 Å². The van der Waals surface area contributed by atoms with Gasteiger partial charge in [0.1, 0.15) is 5.69 Å². The molecule has 33 heavy (non-hydrogen) atoms. The number of rotatable bonds is 8. The third kappa shape index (κ3) is 5.25. The number of alkyl halides is 3. The molecule has 1 aromatic heterocycles. The van der Waals surface area contributed by atoms with Crippen molar-refractivity contribution in [3.05, 3.63) is 72.7 Å². The molecule has 3 rings (SSSR count). The maximum atomic E-state index is 12.7. The van der Waals surface area contributed by atoms with Crippen LogP contribution in [0.5, 0.6) is 0 Å². The largest absolute Gasteiger partial charge is 0.419 e. The number of hydrogen-bond donors (Lipinski definition) is 2. The molecule has 12 nitrogen and oxygen atoms in total. The van der Waals surface area contributed by atoms with Gasteiger partial charge in [-0.2, -0.15) is 13.2 Å². The molecule has 0 saturated heterocycles. The third-order valence-electron chi connectivity index (χ3n) is 4.51. The summed E-state index contributed by atoms with van der Waals surface area (Å²) in [7, 11) is 0. The van der Waals surface area contributed by atoms with E-state index in [0.29, 0.717) is 17.6 Å². The Hall–Kier alpha value is -4.43. The van der Waals surface area contributed by atoms with E-state index >= 15 is 0 Å². The fourth-order valence-corrected chi connectivity index (χ4v) is 2.94. The van der Waals surface area contributed by atoms with Gasteiger partial charge >= 0.3 is 11.9 Å². The number of nitrogens with one attached hydrogen (secondary N) is 2. The van der Waals surface area contributed by atoms with Gasteiger partial charge in [0.2, 0.25) is 5.91 Å². The Bertz CT molecular complexity index is 1300. The number of aryl methyl sites for hydroxylation is 1. The number of hydrazine groups is 1. The maximum Gasteiger partial charge on any atom is 0.419 e. The first-order chi connectivity index (χ1) is 15.5. The minimum Gasteiger partial charge on any atom is -0.407 e. The number of oxazole rings is 1. The predicted octanol–water partition coefficient (Wildman–Crippen LogP) is 3.35. The quantitative estimate of drug-likeness (QED) is 0.375. The zero-order chi connectivity index (χ0) is 24.3. The van der Waals surface area contributed by atoms with Gasteiger partial charge in [0.05, 0.1) is 27.0 Å². The van der Waals surface area contributed by atoms with Gasteiger partial charge < -0.3 is 4.42 Å². The van der Waals surface area contributed by atoms with Crippen LogP contribution in [0.4, 0.5) is 30.2 Å². The van der Waals surface area contributed by atoms with E-state index in [-0.39, 0.29) is 36.3 Å². The van der Waals surface area contributed by atoms with E-state index in [9.17, 15) is 43.0 Å². The number of halogens is 3. The Kier molecular flexibility index (Phi) is 6.32. The first-order valence-corrected chi connectivity index (χ1v) is 9.15. The Morgan fingerprint density at radius 2 is 1.82 bits per heavy atom. The summed E-state index contributed by atoms with van der Waals surface area (Å²) < 4.78 is 44.4. The molecule has 15 heteroatoms. The molecule has 0 fully saturated rings. The van der Waals surface area contributed by atoms with Crippen LogP contribution in [0.25, 0.3) is 11.1 Å². The van der Waals surface area contributed by atoms with Crippen LogP contribution >= 0.6 is 0 Å². The van der Waals surface area contributed by atoms with Crippen molar-refractivity contribution in [1.29, 1.82) is 0 Å². The molecule has 0 spiro atoms. The van der Waals surface area contributed by atoms with Crippen LogP contribution in [0.1, 0.15) is 18.4 Å². The standard InChI is InChI=1S/C18H14F3N5O7/c19-18(20,21)10-3-5-12(14(8-10)26(31)32)22-23-16(27)2-1-7-24-13-6-4-11(25(29)30)9-15(13)33-17(24)28/h3-6,8-9,22H,1-2,7H2,(H,23,27). The Labute approximate surface area is 180 Å². The summed E-state index contributed by atoms with van der Waals surface area (Å²) in [5.74, 6) is -1.43. The smallest absolute Gasteiger partial charge is 0.407 e. The molecular weight excluding hydrogens is 455 g/mol. The summed E-state index contributed by atoms with van der Waals surface area (Å²) in [6.45, 7) is 0.0253. The van der Waals surface area contributed by atoms with E-state index in [1.807, 2.05) is 0 Å². The molecule has 2 aromatic carbocycles. The van der Waals surface area contributed by atoms with Crippen LogP contribution in [-0.2, 0) is 17.5 Å². The molecule has 3 aromatic rings. The fourth-order valence-electron chi connectivity index (χ4n) is 2.94. The molecule has 1 amide bonds. The van der Waals surface area contributed by atoms with Crippen LogP contribution in [-0.4, -0.2) is 20.3 Å². The van der Waals surface area contributed by atoms with E-state index in [1.54, 1.807) is 0 Å². The average molecular weight is 469 g/mol. The molecule has 1 heterocycles. The van der Waals surface area contributed by atoms with E-state index in [1.165, 1.54) is 16.7 Å². The highest BCUT2D eigenvalue weighted by molar-refractivity contribution is 5.78. The number of nitro groups is 2. The van der Waals surface area contributed by atoms with Crippen molar-refractivity contribution in [1.82, 2.24) is 9.99 Å². The molecule has 0 saturated carbocycles. The highest BCUT2D eigenvalue weighted by Gasteiger charge is 2.33. The lowest BCUT2D eigenvalue weighted by molar-refractivity contribution is -0.384. The molecule has 0 aliphatic heterocycles. The van der Waals surface area contributed by atoms with Crippen LogP contribution in [0.3, 0.4) is 0 Å². The number of nitrogens with zero attached hydrogens (tertiary/aromatic N) is 3. The van der Waals surface area contributed by atoms with Gasteiger partial charge in [0, 0.05) is 25.1 Å². The second-order valence-corrected chi connectivity index (χ2v) is 6.69. The van der Waals surface area contributed by atoms with Crippen molar-refractivity contribution in [2.24, 2.45) is 0 Å². The molecular formula is C18H14F3N5O7. The lowest BCUT2D eigenvalue weighted by Crippen LogP contribution is -2.30. The normalized spacial score (nSPS) is 11.4. The molecule has 0 radical (unpaired) electrons. The number of hydrogen-bond acceptors (Lipinski definition) is 8. The van der Waals surface area contributed by atoms with Gasteiger partial charge in [-0.05, 0) is 24.6 Å². The first kappa shape index (κ1) is 23.2. The molecule has 174 valence electrons. The number of carbonyl (C=O) groups excluding carboxylic acids is 1. The fraction of sp³-hybridized carbons (Fsp3) is 0.222. The van der Waals surface area contributed by atoms with Crippen LogP contribution in [0, 0.1) is 20.2 Å². The molecule has 0 aliphatic carbocycles. The Morgan fingerprint density at radius 3 is 2.45 bits per heavy atom. The molecule has 0 atom stereocenters. The summed E-state index contributed by atoms with van der Waals surface area (Å²) in [5.41, 5.74) is 1.97. The number of anilines is 1. The van der Waals surface area contributed by atoms with Gasteiger partial charge in [-0.1, -0.05) is 0 Å². The first-order valence-electron chi connectivity index (χ1n) is 9.15. The van der Waals surface area contributed by atoms with E-state index in [0.717, 1.165) is 12.1 Å². The summed E-state index contributed by atoms with van der Waals surface area (Å²) in [4.78, 5) is 44.2. The minimum atomic E-state index is -4.77. The van der Waals surface area contributed by atoms with Crippen molar-refractivity contribution < 1.29 is 32.2 Å². The molecule has 2 N–H and O–H groups in total. The lowest BCUT2D eigenvalue weighted by Gasteiger charge is -2.11. The van der Waals surface area contributed by atoms with E-state index < -0.39 is 38.9 Å². The van der Waals surface area contributed by atoms with Gasteiger partial charge in [-0.25, -0.2) is 4.79 Å². The van der Waals surface area contributed by atoms with Gasteiger partial charge in [0.25, 0.3) is 11.4 Å². The third-order valence-corrected chi connectivity index (χ3v) is 4.51. The second-order valence-electron chi connectivity index (χ2n) is 6.69. The summed E-state index contributed by atoms with van der Waals surface area (Å²) in [5, 5.41) is 21.9. The number of aromatic nitrogens is 1. The number of fused-ring (bicyclic) bond motifs is 1. The van der Waals surface area contributed by atoms with Gasteiger partial charge in [-0.15, -0.1) is 0 Å². The van der Waals surface area contributed by atoms with Crippen molar-refractivity contribution in [3.63, 3.8) is 0 Å². The number of benzene rings is 2. The number of amides is 1. The zero-order valence-corrected chi connectivity index (χ0v) is 16.4. The van der Waals surface area contributed by atoms with Crippen molar-refractivity contribution in [3.8, 4) is 0 Å². The van der Waals surface area contributed by atoms with Crippen molar-refractivity contribution in [2.45, 2.75) is 25.6 Å². The predicted molar refractivity (Wildman–Crippen MR) is 106 cm³/mol. The van der Waals surface area contributed by atoms with Crippen LogP contribution < -0.4 is 16.6 Å². The minimum absolute atomic E-state index is 0.00920. The van der Waals surface area contributed by atoms with E-state index in [2.05, 4.69) is 10.9 Å². The topological polar surface area (TPSA) is 163 Å². The van der Waals surface area contributed by atoms with E-state index in [4.69, 9.17) is 4.42 Å². The zero-order valence-electron chi connectivity index (χ0n) is 16.4. The maximum absolute atomic E-state index is 12.7. The SMILES string of the molecule is O=C(CCCn1c(=O)oc2cc([N+](=O)[O-])ccc21)NNc1ccc(C(F)(F)F)cc1[N+](=O)[O-]. The van der Waals surface area contributed by atoms with Crippen LogP contribution in [0.2, 0.25) is 0 Å². The lowest BCUT2D eigenvalue weighted by atomic mass is 10.1. The highest BCUT2D eigenvalue weighted by atomic mass is 19.4. The number of nitro benzene ring substituents is 2. The summed E-state index contributed by atoms with van der Waals surface area (Å²) >= 11 is 0. The molecule has 0 bridgehead atoms. The second kappa shape index (κ2) is 8.97. The summed E-state index contributed by atoms with van der Waals surface area (Å²) in [6, 6.07) is 5.42. The number of carbonyl (C=O) groups is 1. The highest BCUT2D eigenvalue weighted by Crippen LogP contribution is 2.34. The Morgan fingerprint density at radius 1 is 1.09 bits per heavy atom. The molecule has 0 unspecified atom stereocenters. The van der Waals surface area contributed by atoms with Crippen molar-refractivity contribution >= 4 is 34.1 Å². The van der Waals surface area contributed by atoms with Gasteiger partial charge in [-0.3, -0.25) is 40.4 Å². The van der Waals surface area contributed by atoms with Crippen LogP contribution in [0.15, 0.2) is 45.6 Å².